The Morgan fingerprint density at radius 2 is 2.16 bits per heavy atom. The summed E-state index contributed by atoms with van der Waals surface area (Å²) in [5, 5.41) is 0.204. The molecule has 0 bridgehead atoms. The van der Waals surface area contributed by atoms with Crippen LogP contribution in [0.25, 0.3) is 0 Å². The van der Waals surface area contributed by atoms with Crippen molar-refractivity contribution in [1.29, 1.82) is 0 Å². The van der Waals surface area contributed by atoms with Crippen molar-refractivity contribution in [3.8, 4) is 0 Å². The molecule has 1 aliphatic rings. The fourth-order valence-electron chi connectivity index (χ4n) is 2.64. The molecule has 1 aromatic heterocycles. The molecule has 0 fully saturated rings. The number of hydrogen-bond donors (Lipinski definition) is 1. The first-order valence-corrected chi connectivity index (χ1v) is 10.2. The van der Waals surface area contributed by atoms with Crippen LogP contribution in [-0.2, 0) is 21.4 Å². The number of hydrogen-bond acceptors (Lipinski definition) is 5. The summed E-state index contributed by atoms with van der Waals surface area (Å²) in [4.78, 5) is 18.6. The lowest BCUT2D eigenvalue weighted by atomic mass is 10.2. The highest BCUT2D eigenvalue weighted by Gasteiger charge is 2.27. The summed E-state index contributed by atoms with van der Waals surface area (Å²) in [6, 6.07) is 10.2. The van der Waals surface area contributed by atoms with Crippen LogP contribution in [-0.4, -0.2) is 31.1 Å². The molecule has 132 valence electrons. The third-order valence-electron chi connectivity index (χ3n) is 3.85. The Labute approximate surface area is 151 Å². The molecule has 0 spiro atoms. The molecule has 0 saturated heterocycles. The summed E-state index contributed by atoms with van der Waals surface area (Å²) in [6.07, 6.45) is 1.62. The van der Waals surface area contributed by atoms with Crippen LogP contribution in [0.2, 0.25) is 0 Å². The van der Waals surface area contributed by atoms with Crippen LogP contribution in [0.5, 0.6) is 0 Å². The molecule has 3 rings (SSSR count). The topological polar surface area (TPSA) is 79.4 Å². The number of fused-ring (bicyclic) bond motifs is 1. The Bertz CT molecular complexity index is 885. The fraction of sp³-hybridized carbons (Fsp3) is 0.294. The minimum absolute atomic E-state index is 0.0442. The number of rotatable bonds is 4. The van der Waals surface area contributed by atoms with Gasteiger partial charge in [-0.05, 0) is 30.3 Å². The van der Waals surface area contributed by atoms with Crippen molar-refractivity contribution in [3.63, 3.8) is 0 Å². The van der Waals surface area contributed by atoms with Gasteiger partial charge < -0.3 is 4.90 Å². The number of thioether (sulfide) groups is 1. The maximum Gasteiger partial charge on any atom is 0.240 e. The van der Waals surface area contributed by atoms with Crippen LogP contribution in [0.1, 0.15) is 19.5 Å². The van der Waals surface area contributed by atoms with E-state index in [0.29, 0.717) is 12.2 Å². The molecular weight excluding hydrogens is 358 g/mol. The summed E-state index contributed by atoms with van der Waals surface area (Å²) in [6.45, 7) is 4.29. The van der Waals surface area contributed by atoms with E-state index >= 15 is 0 Å². The maximum atomic E-state index is 12.6. The fourth-order valence-corrected chi connectivity index (χ4v) is 4.89. The van der Waals surface area contributed by atoms with Crippen molar-refractivity contribution >= 4 is 33.4 Å². The number of amides is 1. The molecule has 1 N–H and O–H groups in total. The van der Waals surface area contributed by atoms with Gasteiger partial charge in [-0.3, -0.25) is 9.78 Å². The highest BCUT2D eigenvalue weighted by Crippen LogP contribution is 2.39. The second-order valence-corrected chi connectivity index (χ2v) is 9.08. The monoisotopic (exact) mass is 377 g/mol. The molecule has 0 radical (unpaired) electrons. The second-order valence-electron chi connectivity index (χ2n) is 5.83. The highest BCUT2D eigenvalue weighted by atomic mass is 32.2. The minimum Gasteiger partial charge on any atom is -0.310 e. The average Bonchev–Trinajstić information content (AvgIpc) is 2.59. The van der Waals surface area contributed by atoms with Gasteiger partial charge in [0.05, 0.1) is 22.8 Å². The summed E-state index contributed by atoms with van der Waals surface area (Å²) in [5.41, 5.74) is 1.41. The van der Waals surface area contributed by atoms with E-state index in [1.165, 1.54) is 13.0 Å². The van der Waals surface area contributed by atoms with E-state index in [0.717, 1.165) is 10.6 Å². The average molecular weight is 377 g/mol. The van der Waals surface area contributed by atoms with Gasteiger partial charge in [-0.2, -0.15) is 0 Å². The smallest absolute Gasteiger partial charge is 0.240 e. The van der Waals surface area contributed by atoms with E-state index in [1.54, 1.807) is 47.1 Å². The summed E-state index contributed by atoms with van der Waals surface area (Å²) < 4.78 is 27.7. The predicted octanol–water partition coefficient (Wildman–Crippen LogP) is 2.41. The zero-order valence-electron chi connectivity index (χ0n) is 14.0. The molecule has 1 aliphatic heterocycles. The van der Waals surface area contributed by atoms with Gasteiger partial charge in [-0.1, -0.05) is 13.0 Å². The standard InChI is InChI=1S/C17H19N3O3S2/c1-12-11-20(13(2)21)16-7-6-15(9-17(16)24-12)25(22,23)19-10-14-5-3-4-8-18-14/h3-9,12,19H,10-11H2,1-2H3. The Hall–Kier alpha value is -1.90. The number of nitrogens with zero attached hydrogens (tertiary/aromatic N) is 2. The van der Waals surface area contributed by atoms with E-state index in [2.05, 4.69) is 9.71 Å². The number of pyridine rings is 1. The third-order valence-corrected chi connectivity index (χ3v) is 6.38. The lowest BCUT2D eigenvalue weighted by Gasteiger charge is -2.32. The van der Waals surface area contributed by atoms with Gasteiger partial charge >= 0.3 is 0 Å². The van der Waals surface area contributed by atoms with Crippen molar-refractivity contribution in [3.05, 3.63) is 48.3 Å². The molecule has 25 heavy (non-hydrogen) atoms. The highest BCUT2D eigenvalue weighted by molar-refractivity contribution is 8.00. The molecular formula is C17H19N3O3S2. The first kappa shape index (κ1) is 17.9. The summed E-state index contributed by atoms with van der Waals surface area (Å²) >= 11 is 1.58. The molecule has 0 saturated carbocycles. The Kier molecular flexibility index (Phi) is 5.12. The van der Waals surface area contributed by atoms with Crippen molar-refractivity contribution in [2.45, 2.75) is 35.4 Å². The van der Waals surface area contributed by atoms with Gasteiger partial charge in [0.15, 0.2) is 0 Å². The van der Waals surface area contributed by atoms with E-state index in [1.807, 2.05) is 13.0 Å². The van der Waals surface area contributed by atoms with Crippen molar-refractivity contribution < 1.29 is 13.2 Å². The van der Waals surface area contributed by atoms with E-state index in [-0.39, 0.29) is 22.6 Å². The number of nitrogens with one attached hydrogen (secondary N) is 1. The lowest BCUT2D eigenvalue weighted by Crippen LogP contribution is -2.37. The Morgan fingerprint density at radius 3 is 2.84 bits per heavy atom. The van der Waals surface area contributed by atoms with Gasteiger partial charge in [0.2, 0.25) is 15.9 Å². The van der Waals surface area contributed by atoms with Crippen LogP contribution >= 0.6 is 11.8 Å². The van der Waals surface area contributed by atoms with Crippen LogP contribution in [0.15, 0.2) is 52.4 Å². The molecule has 1 atom stereocenters. The van der Waals surface area contributed by atoms with Gasteiger partial charge in [0, 0.05) is 29.8 Å². The molecule has 0 aliphatic carbocycles. The van der Waals surface area contributed by atoms with Gasteiger partial charge in [-0.25, -0.2) is 13.1 Å². The van der Waals surface area contributed by atoms with E-state index < -0.39 is 10.0 Å². The zero-order chi connectivity index (χ0) is 18.0. The zero-order valence-corrected chi connectivity index (χ0v) is 15.6. The van der Waals surface area contributed by atoms with Crippen LogP contribution in [0, 0.1) is 0 Å². The lowest BCUT2D eigenvalue weighted by molar-refractivity contribution is -0.116. The van der Waals surface area contributed by atoms with Gasteiger partial charge in [-0.15, -0.1) is 11.8 Å². The number of sulfonamides is 1. The summed E-state index contributed by atoms with van der Waals surface area (Å²) in [5.74, 6) is -0.0442. The number of carbonyl (C=O) groups excluding carboxylic acids is 1. The molecule has 1 aromatic carbocycles. The SMILES string of the molecule is CC(=O)N1CC(C)Sc2cc(S(=O)(=O)NCc3ccccn3)ccc21. The van der Waals surface area contributed by atoms with Crippen molar-refractivity contribution in [2.75, 3.05) is 11.4 Å². The molecule has 8 heteroatoms. The Balaban J connectivity index is 1.85. The quantitative estimate of drug-likeness (QED) is 0.885. The number of benzene rings is 1. The van der Waals surface area contributed by atoms with Crippen LogP contribution < -0.4 is 9.62 Å². The first-order valence-electron chi connectivity index (χ1n) is 7.85. The second kappa shape index (κ2) is 7.15. The van der Waals surface area contributed by atoms with E-state index in [4.69, 9.17) is 0 Å². The van der Waals surface area contributed by atoms with Crippen LogP contribution in [0.4, 0.5) is 5.69 Å². The predicted molar refractivity (Wildman–Crippen MR) is 98.1 cm³/mol. The largest absolute Gasteiger partial charge is 0.310 e. The maximum absolute atomic E-state index is 12.6. The minimum atomic E-state index is -3.65. The van der Waals surface area contributed by atoms with Crippen molar-refractivity contribution in [2.24, 2.45) is 0 Å². The van der Waals surface area contributed by atoms with E-state index in [9.17, 15) is 13.2 Å². The van der Waals surface area contributed by atoms with Gasteiger partial charge in [0.1, 0.15) is 0 Å². The molecule has 6 nitrogen and oxygen atoms in total. The first-order chi connectivity index (χ1) is 11.9. The Morgan fingerprint density at radius 1 is 1.36 bits per heavy atom. The molecule has 2 heterocycles. The molecule has 1 amide bonds. The number of anilines is 1. The van der Waals surface area contributed by atoms with Gasteiger partial charge in [0.25, 0.3) is 0 Å². The van der Waals surface area contributed by atoms with Crippen molar-refractivity contribution in [1.82, 2.24) is 9.71 Å². The summed E-state index contributed by atoms with van der Waals surface area (Å²) in [7, 11) is -3.65. The molecule has 2 aromatic rings. The normalized spacial score (nSPS) is 17.2. The molecule has 1 unspecified atom stereocenters. The number of carbonyl (C=O) groups is 1. The van der Waals surface area contributed by atoms with Crippen LogP contribution in [0.3, 0.4) is 0 Å². The third kappa shape index (κ3) is 4.02. The number of aromatic nitrogens is 1.